The Morgan fingerprint density at radius 3 is 2.47 bits per heavy atom. The summed E-state index contributed by atoms with van der Waals surface area (Å²) in [6.45, 7) is 5.92. The molecular formula is C12H15BrFN. The highest BCUT2D eigenvalue weighted by Crippen LogP contribution is 2.44. The Bertz CT molecular complexity index is 391. The van der Waals surface area contributed by atoms with Crippen LogP contribution in [0.1, 0.15) is 50.8 Å². The van der Waals surface area contributed by atoms with Crippen LogP contribution in [-0.4, -0.2) is 4.98 Å². The lowest BCUT2D eigenvalue weighted by Gasteiger charge is -2.19. The molecule has 0 bridgehead atoms. The second kappa shape index (κ2) is 3.55. The van der Waals surface area contributed by atoms with Crippen LogP contribution in [0.25, 0.3) is 0 Å². The molecule has 1 aliphatic rings. The lowest BCUT2D eigenvalue weighted by molar-refractivity contribution is 0.497. The molecule has 2 rings (SSSR count). The summed E-state index contributed by atoms with van der Waals surface area (Å²) in [5.41, 5.74) is 1.33. The zero-order valence-electron chi connectivity index (χ0n) is 9.27. The van der Waals surface area contributed by atoms with Gasteiger partial charge in [-0.15, -0.1) is 0 Å². The van der Waals surface area contributed by atoms with Crippen molar-refractivity contribution in [1.29, 1.82) is 0 Å². The third kappa shape index (κ3) is 2.07. The summed E-state index contributed by atoms with van der Waals surface area (Å²) < 4.78 is 14.7. The number of nitrogens with zero attached hydrogens (tertiary/aromatic N) is 1. The molecule has 0 saturated heterocycles. The van der Waals surface area contributed by atoms with Crippen LogP contribution in [0.2, 0.25) is 0 Å². The van der Waals surface area contributed by atoms with Crippen molar-refractivity contribution >= 4 is 15.9 Å². The Morgan fingerprint density at radius 1 is 1.40 bits per heavy atom. The molecule has 0 N–H and O–H groups in total. The van der Waals surface area contributed by atoms with E-state index in [2.05, 4.69) is 20.9 Å². The van der Waals surface area contributed by atoms with Gasteiger partial charge >= 0.3 is 0 Å². The predicted molar refractivity (Wildman–Crippen MR) is 62.6 cm³/mol. The first-order chi connectivity index (χ1) is 6.91. The average Bonchev–Trinajstić information content (AvgIpc) is 2.90. The van der Waals surface area contributed by atoms with Crippen molar-refractivity contribution in [2.45, 2.75) is 44.9 Å². The molecule has 1 aromatic rings. The lowest BCUT2D eigenvalue weighted by Crippen LogP contribution is -2.16. The second-order valence-corrected chi connectivity index (χ2v) is 6.01. The van der Waals surface area contributed by atoms with E-state index in [9.17, 15) is 4.39 Å². The van der Waals surface area contributed by atoms with Crippen LogP contribution in [0.4, 0.5) is 4.39 Å². The topological polar surface area (TPSA) is 12.9 Å². The van der Waals surface area contributed by atoms with Gasteiger partial charge in [-0.2, -0.15) is 0 Å². The van der Waals surface area contributed by atoms with Crippen molar-refractivity contribution in [2.75, 3.05) is 0 Å². The normalized spacial score (nSPS) is 16.9. The minimum Gasteiger partial charge on any atom is -0.257 e. The molecule has 1 aromatic heterocycles. The van der Waals surface area contributed by atoms with E-state index < -0.39 is 0 Å². The van der Waals surface area contributed by atoms with Gasteiger partial charge in [0.2, 0.25) is 0 Å². The fraction of sp³-hybridized carbons (Fsp3) is 0.583. The predicted octanol–water partition coefficient (Wildman–Crippen LogP) is 4.16. The van der Waals surface area contributed by atoms with E-state index in [-0.39, 0.29) is 11.2 Å². The lowest BCUT2D eigenvalue weighted by atomic mass is 9.91. The van der Waals surface area contributed by atoms with Crippen LogP contribution in [0.15, 0.2) is 10.7 Å². The molecular weight excluding hydrogens is 257 g/mol. The molecule has 0 aliphatic heterocycles. The van der Waals surface area contributed by atoms with Crippen molar-refractivity contribution in [1.82, 2.24) is 4.98 Å². The SMILES string of the molecule is CC(C)(C)c1ncc(C2CC2)c(Br)c1F. The number of rotatable bonds is 1. The summed E-state index contributed by atoms with van der Waals surface area (Å²) in [7, 11) is 0. The molecule has 0 atom stereocenters. The zero-order chi connectivity index (χ0) is 11.2. The summed E-state index contributed by atoms with van der Waals surface area (Å²) in [6, 6.07) is 0. The van der Waals surface area contributed by atoms with E-state index >= 15 is 0 Å². The molecule has 82 valence electrons. The van der Waals surface area contributed by atoms with Crippen LogP contribution >= 0.6 is 15.9 Å². The van der Waals surface area contributed by atoms with E-state index in [1.54, 1.807) is 0 Å². The molecule has 1 fully saturated rings. The van der Waals surface area contributed by atoms with Crippen molar-refractivity contribution < 1.29 is 4.39 Å². The first kappa shape index (κ1) is 11.1. The highest BCUT2D eigenvalue weighted by molar-refractivity contribution is 9.10. The van der Waals surface area contributed by atoms with E-state index in [0.717, 1.165) is 18.4 Å². The molecule has 0 amide bonds. The fourth-order valence-corrected chi connectivity index (χ4v) is 2.29. The molecule has 1 heterocycles. The molecule has 0 aromatic carbocycles. The zero-order valence-corrected chi connectivity index (χ0v) is 10.9. The molecule has 1 aliphatic carbocycles. The maximum atomic E-state index is 14.0. The van der Waals surface area contributed by atoms with Gasteiger partial charge in [-0.1, -0.05) is 20.8 Å². The van der Waals surface area contributed by atoms with Crippen LogP contribution in [0.5, 0.6) is 0 Å². The highest BCUT2D eigenvalue weighted by Gasteiger charge is 2.30. The van der Waals surface area contributed by atoms with Crippen LogP contribution < -0.4 is 0 Å². The highest BCUT2D eigenvalue weighted by atomic mass is 79.9. The van der Waals surface area contributed by atoms with E-state index in [4.69, 9.17) is 0 Å². The van der Waals surface area contributed by atoms with Gasteiger partial charge in [-0.25, -0.2) is 4.39 Å². The van der Waals surface area contributed by atoms with E-state index in [1.165, 1.54) is 0 Å². The van der Waals surface area contributed by atoms with Gasteiger partial charge in [0, 0.05) is 11.6 Å². The molecule has 1 saturated carbocycles. The number of hydrogen-bond acceptors (Lipinski definition) is 1. The van der Waals surface area contributed by atoms with Crippen LogP contribution in [0.3, 0.4) is 0 Å². The third-order valence-corrected chi connectivity index (χ3v) is 3.52. The Kier molecular flexibility index (Phi) is 2.61. The van der Waals surface area contributed by atoms with Gasteiger partial charge in [0.15, 0.2) is 5.82 Å². The van der Waals surface area contributed by atoms with Gasteiger partial charge in [-0.3, -0.25) is 4.98 Å². The summed E-state index contributed by atoms with van der Waals surface area (Å²) in [6.07, 6.45) is 4.15. The minimum absolute atomic E-state index is 0.188. The maximum absolute atomic E-state index is 14.0. The minimum atomic E-state index is -0.241. The Morgan fingerprint density at radius 2 is 2.00 bits per heavy atom. The van der Waals surface area contributed by atoms with Crippen LogP contribution in [0, 0.1) is 5.82 Å². The Labute approximate surface area is 98.2 Å². The van der Waals surface area contributed by atoms with E-state index in [1.807, 2.05) is 27.0 Å². The monoisotopic (exact) mass is 271 g/mol. The maximum Gasteiger partial charge on any atom is 0.159 e. The fourth-order valence-electron chi connectivity index (χ4n) is 1.68. The Hall–Kier alpha value is -0.440. The Balaban J connectivity index is 2.48. The molecule has 1 nitrogen and oxygen atoms in total. The summed E-state index contributed by atoms with van der Waals surface area (Å²) in [5.74, 6) is 0.335. The molecule has 15 heavy (non-hydrogen) atoms. The second-order valence-electron chi connectivity index (χ2n) is 5.21. The third-order valence-electron chi connectivity index (χ3n) is 2.71. The quantitative estimate of drug-likeness (QED) is 0.748. The van der Waals surface area contributed by atoms with Crippen LogP contribution in [-0.2, 0) is 5.41 Å². The molecule has 0 spiro atoms. The van der Waals surface area contributed by atoms with Crippen molar-refractivity contribution in [2.24, 2.45) is 0 Å². The number of aromatic nitrogens is 1. The first-order valence-electron chi connectivity index (χ1n) is 5.25. The average molecular weight is 272 g/mol. The largest absolute Gasteiger partial charge is 0.257 e. The van der Waals surface area contributed by atoms with Crippen molar-refractivity contribution in [3.63, 3.8) is 0 Å². The van der Waals surface area contributed by atoms with Gasteiger partial charge in [0.25, 0.3) is 0 Å². The number of hydrogen-bond donors (Lipinski definition) is 0. The van der Waals surface area contributed by atoms with Gasteiger partial charge in [0.05, 0.1) is 10.2 Å². The van der Waals surface area contributed by atoms with Gasteiger partial charge in [-0.05, 0) is 40.3 Å². The van der Waals surface area contributed by atoms with Crippen molar-refractivity contribution in [3.05, 3.63) is 27.7 Å². The molecule has 3 heteroatoms. The van der Waals surface area contributed by atoms with E-state index in [0.29, 0.717) is 16.1 Å². The number of pyridine rings is 1. The summed E-state index contributed by atoms with van der Waals surface area (Å²) in [5, 5.41) is 0. The summed E-state index contributed by atoms with van der Waals surface area (Å²) >= 11 is 3.35. The molecule has 0 radical (unpaired) electrons. The number of halogens is 2. The van der Waals surface area contributed by atoms with Gasteiger partial charge < -0.3 is 0 Å². The summed E-state index contributed by atoms with van der Waals surface area (Å²) in [4.78, 5) is 4.27. The standard InChI is InChI=1S/C12H15BrFN/c1-12(2,3)11-10(14)9(13)8(6-15-11)7-4-5-7/h6-7H,4-5H2,1-3H3. The first-order valence-corrected chi connectivity index (χ1v) is 6.05. The smallest absolute Gasteiger partial charge is 0.159 e. The molecule has 0 unspecified atom stereocenters. The van der Waals surface area contributed by atoms with Gasteiger partial charge in [0.1, 0.15) is 0 Å². The van der Waals surface area contributed by atoms with Crippen molar-refractivity contribution in [3.8, 4) is 0 Å².